The van der Waals surface area contributed by atoms with Crippen LogP contribution in [-0.4, -0.2) is 42.2 Å². The molecule has 29 heavy (non-hydrogen) atoms. The van der Waals surface area contributed by atoms with Crippen LogP contribution in [0.1, 0.15) is 44.5 Å². The Morgan fingerprint density at radius 3 is 2.59 bits per heavy atom. The number of carbonyl (C=O) groups excluding carboxylic acids is 1. The molecule has 1 aromatic carbocycles. The first-order chi connectivity index (χ1) is 13.8. The number of rotatable bonds is 6. The highest BCUT2D eigenvalue weighted by molar-refractivity contribution is 5.77. The largest absolute Gasteiger partial charge is 0.378 e. The second-order valence-corrected chi connectivity index (χ2v) is 8.63. The maximum atomic E-state index is 12.6. The summed E-state index contributed by atoms with van der Waals surface area (Å²) in [6.07, 6.45) is 0.874. The first-order valence-electron chi connectivity index (χ1n) is 10.1. The highest BCUT2D eigenvalue weighted by Gasteiger charge is 2.22. The van der Waals surface area contributed by atoms with Crippen LogP contribution in [0.25, 0.3) is 0 Å². The molecule has 0 spiro atoms. The van der Waals surface area contributed by atoms with Gasteiger partial charge in [0.1, 0.15) is 0 Å². The number of ether oxygens (including phenoxy) is 1. The zero-order chi connectivity index (χ0) is 20.9. The van der Waals surface area contributed by atoms with Crippen molar-refractivity contribution >= 4 is 11.9 Å². The van der Waals surface area contributed by atoms with Crippen LogP contribution in [0.3, 0.4) is 0 Å². The molecule has 3 rings (SSSR count). The van der Waals surface area contributed by atoms with E-state index in [0.717, 1.165) is 5.56 Å². The average molecular weight is 399 g/mol. The normalized spacial score (nSPS) is 15.8. The second-order valence-electron chi connectivity index (χ2n) is 8.63. The number of carbonyl (C=O) groups is 1. The summed E-state index contributed by atoms with van der Waals surface area (Å²) in [5.41, 5.74) is 1.35. The summed E-state index contributed by atoms with van der Waals surface area (Å²) in [5.74, 6) is 0.549. The van der Waals surface area contributed by atoms with E-state index in [0.29, 0.717) is 50.8 Å². The van der Waals surface area contributed by atoms with Crippen LogP contribution in [0.5, 0.6) is 0 Å². The topological polar surface area (TPSA) is 87.3 Å². The molecule has 2 N–H and O–H groups in total. The molecule has 1 aliphatic heterocycles. The number of aromatic nitrogens is 2. The van der Waals surface area contributed by atoms with Gasteiger partial charge in [0.2, 0.25) is 11.9 Å². The van der Waals surface area contributed by atoms with Gasteiger partial charge in [0.25, 0.3) is 5.56 Å². The molecule has 156 valence electrons. The fraction of sp³-hybridized carbons (Fsp3) is 0.500. The lowest BCUT2D eigenvalue weighted by Gasteiger charge is -2.27. The quantitative estimate of drug-likeness (QED) is 0.780. The van der Waals surface area contributed by atoms with Crippen molar-refractivity contribution < 1.29 is 9.53 Å². The molecule has 0 unspecified atom stereocenters. The fourth-order valence-electron chi connectivity index (χ4n) is 3.40. The van der Waals surface area contributed by atoms with E-state index in [9.17, 15) is 9.59 Å². The number of hydrogen-bond donors (Lipinski definition) is 2. The second kappa shape index (κ2) is 9.22. The van der Waals surface area contributed by atoms with E-state index in [4.69, 9.17) is 4.74 Å². The molecule has 0 radical (unpaired) electrons. The summed E-state index contributed by atoms with van der Waals surface area (Å²) in [6, 6.07) is 11.1. The maximum absolute atomic E-state index is 12.6. The Hall–Kier alpha value is -2.67. The van der Waals surface area contributed by atoms with E-state index < -0.39 is 0 Å². The van der Waals surface area contributed by atoms with Crippen molar-refractivity contribution in [1.82, 2.24) is 15.3 Å². The van der Waals surface area contributed by atoms with Crippen molar-refractivity contribution in [3.8, 4) is 0 Å². The summed E-state index contributed by atoms with van der Waals surface area (Å²) in [5, 5.41) is 3.13. The molecule has 2 heterocycles. The summed E-state index contributed by atoms with van der Waals surface area (Å²) in [7, 11) is 0. The molecule has 2 aromatic rings. The van der Waals surface area contributed by atoms with Crippen LogP contribution in [0.2, 0.25) is 0 Å². The Morgan fingerprint density at radius 1 is 1.24 bits per heavy atom. The van der Waals surface area contributed by atoms with E-state index in [1.807, 2.05) is 56.0 Å². The van der Waals surface area contributed by atoms with Gasteiger partial charge in [0, 0.05) is 32.0 Å². The van der Waals surface area contributed by atoms with Crippen molar-refractivity contribution in [1.29, 1.82) is 0 Å². The van der Waals surface area contributed by atoms with Crippen LogP contribution < -0.4 is 15.8 Å². The molecular formula is C22H30N4O3. The van der Waals surface area contributed by atoms with Gasteiger partial charge in [-0.1, -0.05) is 51.1 Å². The van der Waals surface area contributed by atoms with Crippen LogP contribution >= 0.6 is 0 Å². The highest BCUT2D eigenvalue weighted by atomic mass is 16.5. The van der Waals surface area contributed by atoms with Crippen molar-refractivity contribution in [2.24, 2.45) is 5.41 Å². The number of morpholine rings is 1. The Morgan fingerprint density at radius 2 is 1.93 bits per heavy atom. The SMILES string of the molecule is CC(C)(C)CC(=O)N[C@H](Cc1cc(=O)[nH]c(N2CCOCC2)n1)c1ccccc1. The maximum Gasteiger partial charge on any atom is 0.252 e. The molecule has 7 nitrogen and oxygen atoms in total. The lowest BCUT2D eigenvalue weighted by molar-refractivity contribution is -0.123. The number of H-pyrrole nitrogens is 1. The third kappa shape index (κ3) is 6.42. The average Bonchev–Trinajstić information content (AvgIpc) is 2.67. The summed E-state index contributed by atoms with van der Waals surface area (Å²) >= 11 is 0. The number of benzene rings is 1. The molecule has 1 saturated heterocycles. The number of aromatic amines is 1. The minimum absolute atomic E-state index is 0.00963. The van der Waals surface area contributed by atoms with E-state index >= 15 is 0 Å². The molecule has 0 bridgehead atoms. The molecule has 1 amide bonds. The van der Waals surface area contributed by atoms with Gasteiger partial charge in [0.15, 0.2) is 0 Å². The number of amides is 1. The molecule has 0 saturated carbocycles. The summed E-state index contributed by atoms with van der Waals surface area (Å²) in [4.78, 5) is 34.3. The number of nitrogens with zero attached hydrogens (tertiary/aromatic N) is 2. The van der Waals surface area contributed by atoms with E-state index in [1.165, 1.54) is 6.07 Å². The molecule has 1 atom stereocenters. The van der Waals surface area contributed by atoms with Crippen LogP contribution in [-0.2, 0) is 16.0 Å². The molecule has 1 fully saturated rings. The zero-order valence-electron chi connectivity index (χ0n) is 17.4. The smallest absolute Gasteiger partial charge is 0.252 e. The van der Waals surface area contributed by atoms with Crippen LogP contribution in [0.15, 0.2) is 41.2 Å². The molecule has 0 aliphatic carbocycles. The third-order valence-corrected chi connectivity index (χ3v) is 4.73. The van der Waals surface area contributed by atoms with Gasteiger partial charge in [-0.2, -0.15) is 0 Å². The fourth-order valence-corrected chi connectivity index (χ4v) is 3.40. The lowest BCUT2D eigenvalue weighted by Crippen LogP contribution is -2.38. The predicted octanol–water partition coefficient (Wildman–Crippen LogP) is 2.44. The van der Waals surface area contributed by atoms with E-state index in [2.05, 4.69) is 15.3 Å². The van der Waals surface area contributed by atoms with Gasteiger partial charge in [-0.15, -0.1) is 0 Å². The number of anilines is 1. The van der Waals surface area contributed by atoms with Gasteiger partial charge < -0.3 is 15.0 Å². The summed E-state index contributed by atoms with van der Waals surface area (Å²) < 4.78 is 5.38. The Balaban J connectivity index is 1.82. The van der Waals surface area contributed by atoms with Crippen molar-refractivity contribution in [3.63, 3.8) is 0 Å². The van der Waals surface area contributed by atoms with Gasteiger partial charge in [-0.05, 0) is 11.0 Å². The Kier molecular flexibility index (Phi) is 6.69. The van der Waals surface area contributed by atoms with Gasteiger partial charge >= 0.3 is 0 Å². The van der Waals surface area contributed by atoms with Gasteiger partial charge in [-0.25, -0.2) is 4.98 Å². The van der Waals surface area contributed by atoms with Crippen molar-refractivity contribution in [2.75, 3.05) is 31.2 Å². The predicted molar refractivity (Wildman–Crippen MR) is 113 cm³/mol. The molecular weight excluding hydrogens is 368 g/mol. The minimum Gasteiger partial charge on any atom is -0.378 e. The minimum atomic E-state index is -0.252. The molecule has 1 aliphatic rings. The van der Waals surface area contributed by atoms with E-state index in [1.54, 1.807) is 0 Å². The number of nitrogens with one attached hydrogen (secondary N) is 2. The van der Waals surface area contributed by atoms with Crippen LogP contribution in [0.4, 0.5) is 5.95 Å². The monoisotopic (exact) mass is 398 g/mol. The van der Waals surface area contributed by atoms with Crippen LogP contribution in [0, 0.1) is 5.41 Å². The van der Waals surface area contributed by atoms with Gasteiger partial charge in [0.05, 0.1) is 24.9 Å². The third-order valence-electron chi connectivity index (χ3n) is 4.73. The standard InChI is InChI=1S/C22H30N4O3/c1-22(2,3)15-20(28)24-18(16-7-5-4-6-8-16)13-17-14-19(27)25-21(23-17)26-9-11-29-12-10-26/h4-8,14,18H,9-13,15H2,1-3H3,(H,24,28)(H,23,25,27)/t18-/m1/s1. The molecule has 7 heteroatoms. The van der Waals surface area contributed by atoms with Gasteiger partial charge in [-0.3, -0.25) is 14.6 Å². The zero-order valence-corrected chi connectivity index (χ0v) is 17.4. The first kappa shape index (κ1) is 21.0. The lowest BCUT2D eigenvalue weighted by atomic mass is 9.91. The van der Waals surface area contributed by atoms with E-state index in [-0.39, 0.29) is 22.9 Å². The Labute approximate surface area is 171 Å². The van der Waals surface area contributed by atoms with Crippen molar-refractivity contribution in [2.45, 2.75) is 39.7 Å². The first-order valence-corrected chi connectivity index (χ1v) is 10.1. The number of hydrogen-bond acceptors (Lipinski definition) is 5. The highest BCUT2D eigenvalue weighted by Crippen LogP contribution is 2.22. The Bertz CT molecular complexity index is 868. The van der Waals surface area contributed by atoms with Crippen molar-refractivity contribution in [3.05, 3.63) is 58.0 Å². The molecule has 1 aromatic heterocycles. The summed E-state index contributed by atoms with van der Waals surface area (Å²) in [6.45, 7) is 8.73.